The van der Waals surface area contributed by atoms with E-state index >= 15 is 0 Å². The first-order valence-corrected chi connectivity index (χ1v) is 12.1. The van der Waals surface area contributed by atoms with Gasteiger partial charge in [-0.15, -0.1) is 11.3 Å². The average molecular weight is 461 g/mol. The number of benzene rings is 1. The largest absolute Gasteiger partial charge is 0.352 e. The van der Waals surface area contributed by atoms with Gasteiger partial charge in [-0.05, 0) is 43.2 Å². The number of likely N-dealkylation sites (tertiary alicyclic amines) is 1. The molecule has 0 unspecified atom stereocenters. The molecule has 2 N–H and O–H groups in total. The highest BCUT2D eigenvalue weighted by Crippen LogP contribution is 2.32. The quantitative estimate of drug-likeness (QED) is 0.662. The summed E-state index contributed by atoms with van der Waals surface area (Å²) >= 11 is 7.46. The molecule has 1 aliphatic heterocycles. The molecule has 1 aromatic carbocycles. The molecule has 8 heteroatoms. The molecule has 2 heterocycles. The van der Waals surface area contributed by atoms with Crippen molar-refractivity contribution in [2.24, 2.45) is 5.41 Å². The van der Waals surface area contributed by atoms with E-state index in [4.69, 9.17) is 11.6 Å². The SMILES string of the molecule is CC(C)(C)[C@H](Nc1nc(-c2ccc(Cl)cc2)cs1)C(=O)N1CCC[C@H]1C(=O)NC1CC1. The van der Waals surface area contributed by atoms with Gasteiger partial charge in [-0.2, -0.15) is 0 Å². The molecule has 1 aliphatic carbocycles. The van der Waals surface area contributed by atoms with E-state index in [2.05, 4.69) is 15.6 Å². The summed E-state index contributed by atoms with van der Waals surface area (Å²) in [6, 6.07) is 6.98. The molecular weight excluding hydrogens is 432 g/mol. The summed E-state index contributed by atoms with van der Waals surface area (Å²) in [5, 5.41) is 9.77. The Morgan fingerprint density at radius 2 is 1.90 bits per heavy atom. The van der Waals surface area contributed by atoms with Gasteiger partial charge in [-0.25, -0.2) is 4.98 Å². The molecule has 1 saturated carbocycles. The number of carbonyl (C=O) groups excluding carboxylic acids is 2. The number of carbonyl (C=O) groups is 2. The highest BCUT2D eigenvalue weighted by atomic mass is 35.5. The fourth-order valence-electron chi connectivity index (χ4n) is 3.86. The predicted molar refractivity (Wildman–Crippen MR) is 125 cm³/mol. The van der Waals surface area contributed by atoms with Gasteiger partial charge in [0.15, 0.2) is 5.13 Å². The molecule has 2 aromatic rings. The zero-order valence-corrected chi connectivity index (χ0v) is 19.7. The van der Waals surface area contributed by atoms with E-state index in [0.29, 0.717) is 22.7 Å². The second-order valence-electron chi connectivity index (χ2n) is 9.46. The Bertz CT molecular complexity index is 949. The maximum Gasteiger partial charge on any atom is 0.246 e. The van der Waals surface area contributed by atoms with Crippen LogP contribution in [0.3, 0.4) is 0 Å². The Morgan fingerprint density at radius 3 is 2.55 bits per heavy atom. The summed E-state index contributed by atoms with van der Waals surface area (Å²) in [6.07, 6.45) is 3.65. The number of nitrogens with zero attached hydrogens (tertiary/aromatic N) is 2. The van der Waals surface area contributed by atoms with Crippen LogP contribution >= 0.6 is 22.9 Å². The van der Waals surface area contributed by atoms with Crippen LogP contribution in [0.25, 0.3) is 11.3 Å². The van der Waals surface area contributed by atoms with Crippen LogP contribution in [0.1, 0.15) is 46.5 Å². The van der Waals surface area contributed by atoms with Crippen molar-refractivity contribution in [3.8, 4) is 11.3 Å². The van der Waals surface area contributed by atoms with Crippen LogP contribution in [0, 0.1) is 5.41 Å². The molecule has 0 radical (unpaired) electrons. The normalized spacial score (nSPS) is 19.9. The van der Waals surface area contributed by atoms with Crippen LogP contribution in [0.4, 0.5) is 5.13 Å². The molecular formula is C23H29ClN4O2S. The number of hydrogen-bond donors (Lipinski definition) is 2. The molecule has 4 rings (SSSR count). The number of nitrogens with one attached hydrogen (secondary N) is 2. The van der Waals surface area contributed by atoms with Crippen molar-refractivity contribution in [1.29, 1.82) is 0 Å². The van der Waals surface area contributed by atoms with Crippen LogP contribution < -0.4 is 10.6 Å². The monoisotopic (exact) mass is 460 g/mol. The standard InChI is InChI=1S/C23H29ClN4O2S/c1-23(2,3)19(21(30)28-12-4-5-18(28)20(29)25-16-10-11-16)27-22-26-17(13-31-22)14-6-8-15(24)9-7-14/h6-9,13,16,18-19H,4-5,10-12H2,1-3H3,(H,25,29)(H,26,27)/t18-,19+/m0/s1. The number of anilines is 1. The van der Waals surface area contributed by atoms with Gasteiger partial charge in [0, 0.05) is 28.6 Å². The summed E-state index contributed by atoms with van der Waals surface area (Å²) in [5.41, 5.74) is 1.47. The highest BCUT2D eigenvalue weighted by molar-refractivity contribution is 7.14. The van der Waals surface area contributed by atoms with Crippen molar-refractivity contribution in [3.63, 3.8) is 0 Å². The lowest BCUT2D eigenvalue weighted by Gasteiger charge is -2.35. The second kappa shape index (κ2) is 8.79. The number of thiazole rings is 1. The summed E-state index contributed by atoms with van der Waals surface area (Å²) in [5.74, 6) is -0.0514. The maximum absolute atomic E-state index is 13.6. The minimum atomic E-state index is -0.481. The number of aromatic nitrogens is 1. The van der Waals surface area contributed by atoms with Gasteiger partial charge in [0.05, 0.1) is 5.69 Å². The van der Waals surface area contributed by atoms with Gasteiger partial charge in [0.25, 0.3) is 0 Å². The van der Waals surface area contributed by atoms with Crippen LogP contribution in [0.5, 0.6) is 0 Å². The van der Waals surface area contributed by atoms with E-state index in [-0.39, 0.29) is 23.3 Å². The van der Waals surface area contributed by atoms with E-state index in [1.165, 1.54) is 11.3 Å². The Morgan fingerprint density at radius 1 is 1.19 bits per heavy atom. The fraction of sp³-hybridized carbons (Fsp3) is 0.522. The van der Waals surface area contributed by atoms with Crippen molar-refractivity contribution in [2.75, 3.05) is 11.9 Å². The number of hydrogen-bond acceptors (Lipinski definition) is 5. The maximum atomic E-state index is 13.6. The topological polar surface area (TPSA) is 74.3 Å². The summed E-state index contributed by atoms with van der Waals surface area (Å²) in [6.45, 7) is 6.71. The molecule has 2 fully saturated rings. The van der Waals surface area contributed by atoms with Crippen LogP contribution in [-0.4, -0.2) is 46.4 Å². The third-order valence-electron chi connectivity index (χ3n) is 5.79. The average Bonchev–Trinajstić information content (AvgIpc) is 3.19. The zero-order chi connectivity index (χ0) is 22.2. The van der Waals surface area contributed by atoms with Crippen molar-refractivity contribution in [2.45, 2.75) is 64.6 Å². The van der Waals surface area contributed by atoms with E-state index in [0.717, 1.165) is 36.9 Å². The van der Waals surface area contributed by atoms with Crippen LogP contribution in [0.2, 0.25) is 5.02 Å². The van der Waals surface area contributed by atoms with Gasteiger partial charge in [-0.1, -0.05) is 44.5 Å². The predicted octanol–water partition coefficient (Wildman–Crippen LogP) is 4.56. The number of amides is 2. The van der Waals surface area contributed by atoms with Gasteiger partial charge in [0.1, 0.15) is 12.1 Å². The highest BCUT2D eigenvalue weighted by Gasteiger charge is 2.42. The Balaban J connectivity index is 1.50. The van der Waals surface area contributed by atoms with Crippen LogP contribution in [-0.2, 0) is 9.59 Å². The van der Waals surface area contributed by atoms with Crippen molar-refractivity contribution >= 4 is 39.9 Å². The Hall–Kier alpha value is -2.12. The first-order valence-electron chi connectivity index (χ1n) is 10.8. The van der Waals surface area contributed by atoms with Crippen molar-refractivity contribution < 1.29 is 9.59 Å². The van der Waals surface area contributed by atoms with Crippen LogP contribution in [0.15, 0.2) is 29.6 Å². The molecule has 6 nitrogen and oxygen atoms in total. The lowest BCUT2D eigenvalue weighted by Crippen LogP contribution is -2.54. The Labute approximate surface area is 192 Å². The van der Waals surface area contributed by atoms with E-state index < -0.39 is 6.04 Å². The molecule has 166 valence electrons. The summed E-state index contributed by atoms with van der Waals surface area (Å²) < 4.78 is 0. The van der Waals surface area contributed by atoms with Gasteiger partial charge >= 0.3 is 0 Å². The van der Waals surface area contributed by atoms with E-state index in [1.807, 2.05) is 50.4 Å². The second-order valence-corrected chi connectivity index (χ2v) is 10.8. The molecule has 1 saturated heterocycles. The van der Waals surface area contributed by atoms with Gasteiger partial charge < -0.3 is 15.5 Å². The number of rotatable bonds is 6. The first-order chi connectivity index (χ1) is 14.7. The van der Waals surface area contributed by atoms with E-state index in [1.54, 1.807) is 4.90 Å². The fourth-order valence-corrected chi connectivity index (χ4v) is 4.73. The molecule has 2 aliphatic rings. The minimum Gasteiger partial charge on any atom is -0.352 e. The van der Waals surface area contributed by atoms with E-state index in [9.17, 15) is 9.59 Å². The molecule has 1 aromatic heterocycles. The number of halogens is 1. The zero-order valence-electron chi connectivity index (χ0n) is 18.2. The smallest absolute Gasteiger partial charge is 0.246 e. The van der Waals surface area contributed by atoms with Gasteiger partial charge in [-0.3, -0.25) is 9.59 Å². The van der Waals surface area contributed by atoms with Crippen molar-refractivity contribution in [3.05, 3.63) is 34.7 Å². The summed E-state index contributed by atoms with van der Waals surface area (Å²) in [7, 11) is 0. The molecule has 2 atom stereocenters. The van der Waals surface area contributed by atoms with Crippen molar-refractivity contribution in [1.82, 2.24) is 15.2 Å². The molecule has 0 spiro atoms. The third kappa shape index (κ3) is 5.21. The molecule has 2 amide bonds. The lowest BCUT2D eigenvalue weighted by atomic mass is 9.85. The Kier molecular flexibility index (Phi) is 6.26. The molecule has 0 bridgehead atoms. The minimum absolute atomic E-state index is 0.0136. The molecule has 31 heavy (non-hydrogen) atoms. The first kappa shape index (κ1) is 22.1. The summed E-state index contributed by atoms with van der Waals surface area (Å²) in [4.78, 5) is 32.7. The third-order valence-corrected chi connectivity index (χ3v) is 6.81. The lowest BCUT2D eigenvalue weighted by molar-refractivity contribution is -0.140. The van der Waals surface area contributed by atoms with Gasteiger partial charge in [0.2, 0.25) is 11.8 Å².